The summed E-state index contributed by atoms with van der Waals surface area (Å²) in [4.78, 5) is 12.4. The molecule has 2 unspecified atom stereocenters. The van der Waals surface area contributed by atoms with Crippen molar-refractivity contribution in [2.24, 2.45) is 0 Å². The fraction of sp³-hybridized carbons (Fsp3) is 0.646. The number of hydrogen-bond acceptors (Lipinski definition) is 3. The summed E-state index contributed by atoms with van der Waals surface area (Å²) >= 11 is 0. The second-order valence-corrected chi connectivity index (χ2v) is 14.0. The maximum Gasteiger partial charge on any atom is 0.220 e. The molecule has 4 nitrogen and oxygen atoms in total. The lowest BCUT2D eigenvalue weighted by Gasteiger charge is -2.19. The van der Waals surface area contributed by atoms with E-state index in [1.807, 2.05) is 6.08 Å². The van der Waals surface area contributed by atoms with Crippen molar-refractivity contribution < 1.29 is 15.0 Å². The number of carbonyl (C=O) groups is 1. The molecule has 0 radical (unpaired) electrons. The van der Waals surface area contributed by atoms with Crippen molar-refractivity contribution in [3.8, 4) is 0 Å². The fourth-order valence-corrected chi connectivity index (χ4v) is 5.78. The maximum absolute atomic E-state index is 12.4. The molecule has 52 heavy (non-hydrogen) atoms. The standard InChI is InChI=1S/C48H81NO3/c1-3-5-7-9-11-13-15-17-19-21-22-23-24-25-26-28-30-32-34-36-38-40-42-44-48(52)49-46(45-50)47(51)43-41-39-37-35-33-31-29-27-20-18-16-14-12-10-8-6-4-2/h5,7,11,13,17,19,22-23,25-26,30,32-33,35,41,43,46-47,50-51H,3-4,6,8-10,12,14-16,18,20-21,24,27-29,31,34,36-40,42,44-45H2,1-2H3,(H,49,52)/b7-5-,13-11-,19-17-,23-22-,26-25-,32-30-,35-33+,43-41+. The monoisotopic (exact) mass is 720 g/mol. The number of nitrogens with one attached hydrogen (secondary N) is 1. The number of carbonyl (C=O) groups excluding carboxylic acids is 1. The minimum atomic E-state index is -0.879. The zero-order chi connectivity index (χ0) is 37.8. The van der Waals surface area contributed by atoms with Crippen LogP contribution in [0, 0.1) is 0 Å². The van der Waals surface area contributed by atoms with Crippen LogP contribution in [0.1, 0.15) is 181 Å². The molecule has 1 amide bonds. The van der Waals surface area contributed by atoms with Gasteiger partial charge >= 0.3 is 0 Å². The van der Waals surface area contributed by atoms with Crippen LogP contribution in [0.25, 0.3) is 0 Å². The molecular formula is C48H81NO3. The van der Waals surface area contributed by atoms with Gasteiger partial charge in [-0.25, -0.2) is 0 Å². The Balaban J connectivity index is 3.75. The predicted molar refractivity (Wildman–Crippen MR) is 230 cm³/mol. The van der Waals surface area contributed by atoms with Crippen molar-refractivity contribution in [3.63, 3.8) is 0 Å². The van der Waals surface area contributed by atoms with E-state index >= 15 is 0 Å². The van der Waals surface area contributed by atoms with Gasteiger partial charge in [0.2, 0.25) is 5.91 Å². The highest BCUT2D eigenvalue weighted by molar-refractivity contribution is 5.76. The summed E-state index contributed by atoms with van der Waals surface area (Å²) in [5.74, 6) is -0.103. The van der Waals surface area contributed by atoms with Crippen LogP contribution in [-0.2, 0) is 4.79 Å². The Bertz CT molecular complexity index is 999. The van der Waals surface area contributed by atoms with Gasteiger partial charge in [-0.1, -0.05) is 188 Å². The van der Waals surface area contributed by atoms with Gasteiger partial charge in [0, 0.05) is 6.42 Å². The highest BCUT2D eigenvalue weighted by Crippen LogP contribution is 2.12. The lowest BCUT2D eigenvalue weighted by molar-refractivity contribution is -0.123. The number of unbranched alkanes of at least 4 members (excludes halogenated alkanes) is 16. The molecule has 0 aliphatic carbocycles. The van der Waals surface area contributed by atoms with Crippen LogP contribution < -0.4 is 5.32 Å². The van der Waals surface area contributed by atoms with Crippen LogP contribution in [-0.4, -0.2) is 34.9 Å². The largest absolute Gasteiger partial charge is 0.394 e. The van der Waals surface area contributed by atoms with Crippen molar-refractivity contribution in [2.75, 3.05) is 6.61 Å². The van der Waals surface area contributed by atoms with Gasteiger partial charge in [0.05, 0.1) is 18.8 Å². The number of amides is 1. The lowest BCUT2D eigenvalue weighted by Crippen LogP contribution is -2.45. The first-order chi connectivity index (χ1) is 25.7. The number of hydrogen-bond donors (Lipinski definition) is 3. The van der Waals surface area contributed by atoms with Crippen molar-refractivity contribution >= 4 is 5.91 Å². The van der Waals surface area contributed by atoms with Gasteiger partial charge in [-0.15, -0.1) is 0 Å². The van der Waals surface area contributed by atoms with Crippen molar-refractivity contribution in [3.05, 3.63) is 97.2 Å². The summed E-state index contributed by atoms with van der Waals surface area (Å²) in [5.41, 5.74) is 0. The van der Waals surface area contributed by atoms with Gasteiger partial charge in [0.1, 0.15) is 0 Å². The molecule has 0 spiro atoms. The Morgan fingerprint density at radius 1 is 0.481 bits per heavy atom. The molecule has 0 saturated carbocycles. The number of allylic oxidation sites excluding steroid dienone is 15. The van der Waals surface area contributed by atoms with E-state index in [1.165, 1.54) is 70.6 Å². The summed E-state index contributed by atoms with van der Waals surface area (Å²) in [5, 5.41) is 23.0. The SMILES string of the molecule is CC/C=C\C/C=C\C/C=C\C/C=C\C/C=C\C/C=C\CCCCCCC(=O)NC(CO)C(O)/C=C/CC/C=C/CCCCCCCCCCCCC. The molecular weight excluding hydrogens is 639 g/mol. The third-order valence-corrected chi connectivity index (χ3v) is 9.05. The second kappa shape index (κ2) is 42.7. The van der Waals surface area contributed by atoms with Crippen LogP contribution in [0.2, 0.25) is 0 Å². The van der Waals surface area contributed by atoms with Gasteiger partial charge in [0.15, 0.2) is 0 Å². The van der Waals surface area contributed by atoms with E-state index in [4.69, 9.17) is 0 Å². The molecule has 0 rings (SSSR count). The molecule has 2 atom stereocenters. The highest BCUT2D eigenvalue weighted by atomic mass is 16.3. The normalized spacial score (nSPS) is 14.0. The van der Waals surface area contributed by atoms with E-state index in [9.17, 15) is 15.0 Å². The molecule has 0 fully saturated rings. The molecule has 0 aromatic carbocycles. The Kier molecular flexibility index (Phi) is 40.5. The predicted octanol–water partition coefficient (Wildman–Crippen LogP) is 13.5. The Hall–Kier alpha value is -2.69. The minimum Gasteiger partial charge on any atom is -0.394 e. The fourth-order valence-electron chi connectivity index (χ4n) is 5.78. The average molecular weight is 720 g/mol. The number of aliphatic hydroxyl groups is 2. The summed E-state index contributed by atoms with van der Waals surface area (Å²) in [6.07, 6.45) is 63.6. The van der Waals surface area contributed by atoms with Gasteiger partial charge < -0.3 is 15.5 Å². The van der Waals surface area contributed by atoms with E-state index in [1.54, 1.807) is 6.08 Å². The van der Waals surface area contributed by atoms with Crippen LogP contribution in [0.15, 0.2) is 97.2 Å². The third-order valence-electron chi connectivity index (χ3n) is 9.05. The van der Waals surface area contributed by atoms with Crippen LogP contribution >= 0.6 is 0 Å². The van der Waals surface area contributed by atoms with E-state index in [0.717, 1.165) is 89.9 Å². The van der Waals surface area contributed by atoms with Gasteiger partial charge in [0.25, 0.3) is 0 Å². The molecule has 0 aliphatic heterocycles. The summed E-state index contributed by atoms with van der Waals surface area (Å²) in [6.45, 7) is 4.16. The van der Waals surface area contributed by atoms with Crippen molar-refractivity contribution in [1.82, 2.24) is 5.32 Å². The van der Waals surface area contributed by atoms with E-state index in [0.29, 0.717) is 6.42 Å². The summed E-state index contributed by atoms with van der Waals surface area (Å²) in [6, 6.07) is -0.659. The van der Waals surface area contributed by atoms with Crippen molar-refractivity contribution in [1.29, 1.82) is 0 Å². The van der Waals surface area contributed by atoms with Gasteiger partial charge in [-0.3, -0.25) is 4.79 Å². The molecule has 4 heteroatoms. The number of rotatable bonds is 37. The Morgan fingerprint density at radius 2 is 0.865 bits per heavy atom. The molecule has 0 aromatic rings. The highest BCUT2D eigenvalue weighted by Gasteiger charge is 2.17. The molecule has 0 heterocycles. The molecule has 0 aliphatic rings. The second-order valence-electron chi connectivity index (χ2n) is 14.0. The zero-order valence-electron chi connectivity index (χ0n) is 33.8. The average Bonchev–Trinajstić information content (AvgIpc) is 3.15. The molecule has 3 N–H and O–H groups in total. The Morgan fingerprint density at radius 3 is 1.35 bits per heavy atom. The van der Waals surface area contributed by atoms with Crippen LogP contribution in [0.4, 0.5) is 0 Å². The first kappa shape index (κ1) is 49.3. The summed E-state index contributed by atoms with van der Waals surface area (Å²) < 4.78 is 0. The van der Waals surface area contributed by atoms with Gasteiger partial charge in [-0.05, 0) is 83.5 Å². The topological polar surface area (TPSA) is 69.6 Å². The summed E-state index contributed by atoms with van der Waals surface area (Å²) in [7, 11) is 0. The molecule has 296 valence electrons. The molecule has 0 saturated heterocycles. The van der Waals surface area contributed by atoms with E-state index in [2.05, 4.69) is 104 Å². The van der Waals surface area contributed by atoms with Gasteiger partial charge in [-0.2, -0.15) is 0 Å². The zero-order valence-corrected chi connectivity index (χ0v) is 33.8. The molecule has 0 bridgehead atoms. The molecule has 0 aromatic heterocycles. The third kappa shape index (κ3) is 38.5. The lowest BCUT2D eigenvalue weighted by atomic mass is 10.1. The van der Waals surface area contributed by atoms with E-state index in [-0.39, 0.29) is 12.5 Å². The van der Waals surface area contributed by atoms with Crippen LogP contribution in [0.5, 0.6) is 0 Å². The maximum atomic E-state index is 12.4. The van der Waals surface area contributed by atoms with Crippen LogP contribution in [0.3, 0.4) is 0 Å². The first-order valence-electron chi connectivity index (χ1n) is 21.5. The van der Waals surface area contributed by atoms with E-state index < -0.39 is 12.1 Å². The number of aliphatic hydroxyl groups excluding tert-OH is 2. The van der Waals surface area contributed by atoms with Crippen molar-refractivity contribution in [2.45, 2.75) is 193 Å². The Labute approximate surface area is 322 Å². The minimum absolute atomic E-state index is 0.103. The smallest absolute Gasteiger partial charge is 0.220 e. The first-order valence-corrected chi connectivity index (χ1v) is 21.5. The quantitative estimate of drug-likeness (QED) is 0.0442.